The van der Waals surface area contributed by atoms with Gasteiger partial charge in [0.15, 0.2) is 5.82 Å². The van der Waals surface area contributed by atoms with Crippen LogP contribution >= 0.6 is 11.6 Å². The highest BCUT2D eigenvalue weighted by Crippen LogP contribution is 2.27. The van der Waals surface area contributed by atoms with Crippen molar-refractivity contribution in [3.63, 3.8) is 0 Å². The van der Waals surface area contributed by atoms with Crippen LogP contribution in [0, 0.1) is 13.8 Å². The van der Waals surface area contributed by atoms with Crippen molar-refractivity contribution in [2.75, 3.05) is 0 Å². The molecule has 0 saturated heterocycles. The van der Waals surface area contributed by atoms with Crippen LogP contribution in [0.3, 0.4) is 0 Å². The topological polar surface area (TPSA) is 69.9 Å². The van der Waals surface area contributed by atoms with E-state index < -0.39 is 5.97 Å². The smallest absolute Gasteiger partial charge is 0.342 e. The normalized spacial score (nSPS) is 11.0. The average Bonchev–Trinajstić information content (AvgIpc) is 3.11. The fourth-order valence-electron chi connectivity index (χ4n) is 3.04. The molecule has 4 rings (SSSR count). The summed E-state index contributed by atoms with van der Waals surface area (Å²) in [5.41, 5.74) is 3.28. The third-order valence-electron chi connectivity index (χ3n) is 4.58. The van der Waals surface area contributed by atoms with Gasteiger partial charge in [-0.15, -0.1) is 0 Å². The van der Waals surface area contributed by atoms with Crippen molar-refractivity contribution < 1.29 is 9.53 Å². The number of para-hydroxylation sites is 1. The van der Waals surface area contributed by atoms with Crippen LogP contribution in [0.2, 0.25) is 5.02 Å². The van der Waals surface area contributed by atoms with Gasteiger partial charge in [-0.2, -0.15) is 5.10 Å². The van der Waals surface area contributed by atoms with E-state index in [1.165, 1.54) is 6.20 Å². The van der Waals surface area contributed by atoms with E-state index in [9.17, 15) is 4.79 Å². The summed E-state index contributed by atoms with van der Waals surface area (Å²) in [5, 5.41) is 5.73. The number of aryl methyl sites for hydroxylation is 1. The van der Waals surface area contributed by atoms with Crippen molar-refractivity contribution >= 4 is 28.5 Å². The molecule has 3 heterocycles. The van der Waals surface area contributed by atoms with Gasteiger partial charge in [-0.3, -0.25) is 0 Å². The Balaban J connectivity index is 1.57. The van der Waals surface area contributed by atoms with Crippen LogP contribution in [-0.2, 0) is 11.3 Å². The summed E-state index contributed by atoms with van der Waals surface area (Å²) in [4.78, 5) is 21.4. The van der Waals surface area contributed by atoms with E-state index in [2.05, 4.69) is 15.1 Å². The van der Waals surface area contributed by atoms with Gasteiger partial charge in [0.2, 0.25) is 0 Å². The van der Waals surface area contributed by atoms with E-state index >= 15 is 0 Å². The number of ether oxygens (including phenoxy) is 1. The van der Waals surface area contributed by atoms with Crippen molar-refractivity contribution in [3.05, 3.63) is 82.4 Å². The van der Waals surface area contributed by atoms with E-state index in [0.717, 1.165) is 16.5 Å². The molecule has 3 aromatic heterocycles. The van der Waals surface area contributed by atoms with Crippen molar-refractivity contribution in [1.82, 2.24) is 19.7 Å². The van der Waals surface area contributed by atoms with E-state index in [1.807, 2.05) is 49.4 Å². The lowest BCUT2D eigenvalue weighted by molar-refractivity contribution is 0.0467. The van der Waals surface area contributed by atoms with E-state index in [1.54, 1.807) is 17.8 Å². The summed E-state index contributed by atoms with van der Waals surface area (Å²) in [6.45, 7) is 3.71. The molecule has 1 aromatic carbocycles. The molecule has 140 valence electrons. The van der Waals surface area contributed by atoms with Crippen LogP contribution in [0.15, 0.2) is 54.9 Å². The maximum absolute atomic E-state index is 12.6. The number of esters is 1. The zero-order chi connectivity index (χ0) is 19.7. The first-order valence-corrected chi connectivity index (χ1v) is 9.11. The molecule has 0 fully saturated rings. The maximum atomic E-state index is 12.6. The Bertz CT molecular complexity index is 1170. The Morgan fingerprint density at radius 2 is 1.93 bits per heavy atom. The van der Waals surface area contributed by atoms with Gasteiger partial charge < -0.3 is 4.74 Å². The number of benzene rings is 1. The Kier molecular flexibility index (Phi) is 4.79. The fraction of sp³-hybridized carbons (Fsp3) is 0.143. The van der Waals surface area contributed by atoms with Crippen molar-refractivity contribution in [1.29, 1.82) is 0 Å². The maximum Gasteiger partial charge on any atom is 0.342 e. The molecule has 0 saturated carbocycles. The number of hydrogen-bond acceptors (Lipinski definition) is 5. The molecule has 0 amide bonds. The largest absolute Gasteiger partial charge is 0.455 e. The first-order chi connectivity index (χ1) is 13.6. The third-order valence-corrected chi connectivity index (χ3v) is 5.08. The van der Waals surface area contributed by atoms with Crippen molar-refractivity contribution in [3.8, 4) is 5.82 Å². The molecule has 6 nitrogen and oxygen atoms in total. The zero-order valence-electron chi connectivity index (χ0n) is 15.4. The number of halogens is 1. The Labute approximate surface area is 166 Å². The second kappa shape index (κ2) is 7.40. The predicted octanol–water partition coefficient (Wildman–Crippen LogP) is 4.44. The molecule has 0 atom stereocenters. The number of nitrogens with zero attached hydrogens (tertiary/aromatic N) is 4. The van der Waals surface area contributed by atoms with Gasteiger partial charge >= 0.3 is 5.97 Å². The Hall–Kier alpha value is -3.25. The van der Waals surface area contributed by atoms with Gasteiger partial charge in [-0.25, -0.2) is 19.4 Å². The summed E-state index contributed by atoms with van der Waals surface area (Å²) in [5.74, 6) is 0.150. The lowest BCUT2D eigenvalue weighted by Crippen LogP contribution is -2.09. The second-order valence-corrected chi connectivity index (χ2v) is 6.71. The second-order valence-electron chi connectivity index (χ2n) is 6.33. The van der Waals surface area contributed by atoms with Gasteiger partial charge in [-0.1, -0.05) is 35.9 Å². The lowest BCUT2D eigenvalue weighted by atomic mass is 10.1. The van der Waals surface area contributed by atoms with Gasteiger partial charge in [-0.05, 0) is 37.6 Å². The molecule has 0 unspecified atom stereocenters. The third kappa shape index (κ3) is 3.23. The number of rotatable bonds is 4. The minimum atomic E-state index is -0.483. The molecule has 7 heteroatoms. The minimum Gasteiger partial charge on any atom is -0.455 e. The molecule has 4 aromatic rings. The van der Waals surface area contributed by atoms with E-state index in [0.29, 0.717) is 27.8 Å². The first kappa shape index (κ1) is 18.1. The molecule has 28 heavy (non-hydrogen) atoms. The van der Waals surface area contributed by atoms with Gasteiger partial charge in [0.1, 0.15) is 12.2 Å². The average molecular weight is 393 g/mol. The summed E-state index contributed by atoms with van der Waals surface area (Å²) >= 11 is 6.44. The quantitative estimate of drug-likeness (QED) is 0.480. The first-order valence-electron chi connectivity index (χ1n) is 8.73. The molecule has 0 bridgehead atoms. The molecule has 0 aliphatic carbocycles. The predicted molar refractivity (Wildman–Crippen MR) is 107 cm³/mol. The van der Waals surface area contributed by atoms with Crippen molar-refractivity contribution in [2.24, 2.45) is 0 Å². The van der Waals surface area contributed by atoms with Crippen LogP contribution in [0.1, 0.15) is 27.3 Å². The number of pyridine rings is 2. The van der Waals surface area contributed by atoms with E-state index in [-0.39, 0.29) is 6.61 Å². The van der Waals surface area contributed by atoms with Gasteiger partial charge in [0.05, 0.1) is 28.1 Å². The number of aromatic nitrogens is 4. The van der Waals surface area contributed by atoms with Gasteiger partial charge in [0.25, 0.3) is 0 Å². The van der Waals surface area contributed by atoms with Crippen LogP contribution < -0.4 is 0 Å². The van der Waals surface area contributed by atoms with Crippen molar-refractivity contribution in [2.45, 2.75) is 20.5 Å². The fourth-order valence-corrected chi connectivity index (χ4v) is 3.24. The van der Waals surface area contributed by atoms with Crippen LogP contribution in [0.5, 0.6) is 0 Å². The summed E-state index contributed by atoms with van der Waals surface area (Å²) in [6, 6.07) is 13.2. The van der Waals surface area contributed by atoms with Gasteiger partial charge in [0, 0.05) is 11.6 Å². The van der Waals surface area contributed by atoms with Crippen LogP contribution in [-0.4, -0.2) is 25.7 Å². The SMILES string of the molecule is Cc1c(Cl)c(COC(=O)c2cnn(-c3ccccn3)c2C)nc2ccccc12. The number of carbonyl (C=O) groups is 1. The zero-order valence-corrected chi connectivity index (χ0v) is 16.1. The highest BCUT2D eigenvalue weighted by molar-refractivity contribution is 6.32. The highest BCUT2D eigenvalue weighted by Gasteiger charge is 2.18. The van der Waals surface area contributed by atoms with Crippen LogP contribution in [0.4, 0.5) is 0 Å². The number of hydrogen-bond donors (Lipinski definition) is 0. The molecular formula is C21H17ClN4O2. The minimum absolute atomic E-state index is 0.0163. The standard InChI is InChI=1S/C21H17ClN4O2/c1-13-15-7-3-4-8-17(15)25-18(20(13)22)12-28-21(27)16-11-24-26(14(16)2)19-9-5-6-10-23-19/h3-11H,12H2,1-2H3. The summed E-state index contributed by atoms with van der Waals surface area (Å²) in [7, 11) is 0. The molecule has 0 aliphatic heterocycles. The molecule has 0 N–H and O–H groups in total. The summed E-state index contributed by atoms with van der Waals surface area (Å²) in [6.07, 6.45) is 3.15. The number of fused-ring (bicyclic) bond motifs is 1. The molecule has 0 radical (unpaired) electrons. The Morgan fingerprint density at radius 1 is 1.14 bits per heavy atom. The monoisotopic (exact) mass is 392 g/mol. The lowest BCUT2D eigenvalue weighted by Gasteiger charge is -2.10. The molecular weight excluding hydrogens is 376 g/mol. The van der Waals surface area contributed by atoms with Crippen LogP contribution in [0.25, 0.3) is 16.7 Å². The van der Waals surface area contributed by atoms with E-state index in [4.69, 9.17) is 16.3 Å². The Morgan fingerprint density at radius 3 is 2.71 bits per heavy atom. The molecule has 0 aliphatic rings. The number of carbonyl (C=O) groups excluding carboxylic acids is 1. The summed E-state index contributed by atoms with van der Waals surface area (Å²) < 4.78 is 7.07. The molecule has 0 spiro atoms. The highest BCUT2D eigenvalue weighted by atomic mass is 35.5.